The Labute approximate surface area is 106 Å². The normalized spacial score (nSPS) is 12.9. The molecule has 0 aliphatic rings. The molecule has 0 aromatic carbocycles. The van der Waals surface area contributed by atoms with E-state index in [-0.39, 0.29) is 18.3 Å². The lowest BCUT2D eigenvalue weighted by Crippen LogP contribution is -2.36. The minimum atomic E-state index is -5.54. The Morgan fingerprint density at radius 2 is 1.78 bits per heavy atom. The number of ether oxygens (including phenoxy) is 1. The molecule has 0 heterocycles. The van der Waals surface area contributed by atoms with Gasteiger partial charge in [0.05, 0.1) is 12.4 Å². The van der Waals surface area contributed by atoms with E-state index >= 15 is 0 Å². The van der Waals surface area contributed by atoms with E-state index in [1.54, 1.807) is 0 Å². The van der Waals surface area contributed by atoms with Crippen molar-refractivity contribution in [2.45, 2.75) is 32.4 Å². The molecule has 0 fully saturated rings. The Morgan fingerprint density at radius 1 is 1.22 bits per heavy atom. The quantitative estimate of drug-likeness (QED) is 0.408. The van der Waals surface area contributed by atoms with Gasteiger partial charge in [0.2, 0.25) is 0 Å². The van der Waals surface area contributed by atoms with Crippen molar-refractivity contribution in [2.24, 2.45) is 5.92 Å². The molecule has 0 rings (SSSR count). The maximum absolute atomic E-state index is 12.5. The zero-order valence-corrected chi connectivity index (χ0v) is 10.8. The molecular formula is C10H15F5O2S. The summed E-state index contributed by atoms with van der Waals surface area (Å²) in [6, 6.07) is 0. The van der Waals surface area contributed by atoms with Gasteiger partial charge in [-0.1, -0.05) is 13.8 Å². The third kappa shape index (κ3) is 7.03. The molecule has 0 amide bonds. The molecule has 0 aromatic heterocycles. The standard InChI is InChI=1S/C10H15F5O2S/c1-7(2)5-17-8(16)6-18-4-3-9(11,12)10(13,14)15/h7H,3-6H2,1-2H3. The van der Waals surface area contributed by atoms with Gasteiger partial charge >= 0.3 is 18.1 Å². The minimum absolute atomic E-state index is 0.147. The van der Waals surface area contributed by atoms with Crippen LogP contribution in [-0.2, 0) is 9.53 Å². The fraction of sp³-hybridized carbons (Fsp3) is 0.900. The largest absolute Gasteiger partial charge is 0.465 e. The number of hydrogen-bond donors (Lipinski definition) is 0. The van der Waals surface area contributed by atoms with Crippen LogP contribution in [0.5, 0.6) is 0 Å². The summed E-state index contributed by atoms with van der Waals surface area (Å²) in [5.41, 5.74) is 0. The Kier molecular flexibility index (Phi) is 6.94. The van der Waals surface area contributed by atoms with Gasteiger partial charge in [-0.3, -0.25) is 4.79 Å². The van der Waals surface area contributed by atoms with Crippen LogP contribution in [0.25, 0.3) is 0 Å². The molecular weight excluding hydrogens is 279 g/mol. The summed E-state index contributed by atoms with van der Waals surface area (Å²) in [5.74, 6) is -5.84. The second kappa shape index (κ2) is 7.16. The van der Waals surface area contributed by atoms with Crippen molar-refractivity contribution in [3.05, 3.63) is 0 Å². The Hall–Kier alpha value is -0.530. The summed E-state index contributed by atoms with van der Waals surface area (Å²) < 4.78 is 65.0. The van der Waals surface area contributed by atoms with Gasteiger partial charge in [0.1, 0.15) is 0 Å². The summed E-state index contributed by atoms with van der Waals surface area (Å²) in [6.45, 7) is 3.85. The highest BCUT2D eigenvalue weighted by molar-refractivity contribution is 7.99. The van der Waals surface area contributed by atoms with E-state index in [2.05, 4.69) is 0 Å². The predicted molar refractivity (Wildman–Crippen MR) is 58.7 cm³/mol. The summed E-state index contributed by atoms with van der Waals surface area (Å²) >= 11 is 0.701. The van der Waals surface area contributed by atoms with Crippen LogP contribution in [-0.4, -0.2) is 36.2 Å². The molecule has 8 heteroatoms. The summed E-state index contributed by atoms with van der Waals surface area (Å²) in [6.07, 6.45) is -6.87. The minimum Gasteiger partial charge on any atom is -0.465 e. The van der Waals surface area contributed by atoms with Gasteiger partial charge < -0.3 is 4.74 Å². The van der Waals surface area contributed by atoms with Crippen LogP contribution in [0.1, 0.15) is 20.3 Å². The molecule has 0 radical (unpaired) electrons. The molecule has 0 spiro atoms. The van der Waals surface area contributed by atoms with E-state index in [1.807, 2.05) is 13.8 Å². The number of thioether (sulfide) groups is 1. The van der Waals surface area contributed by atoms with E-state index < -0.39 is 30.2 Å². The lowest BCUT2D eigenvalue weighted by molar-refractivity contribution is -0.282. The van der Waals surface area contributed by atoms with Crippen LogP contribution in [0, 0.1) is 5.92 Å². The SMILES string of the molecule is CC(C)COC(=O)CSCCC(F)(F)C(F)(F)F. The van der Waals surface area contributed by atoms with E-state index in [0.29, 0.717) is 11.8 Å². The summed E-state index contributed by atoms with van der Waals surface area (Å²) in [4.78, 5) is 11.0. The molecule has 0 bridgehead atoms. The molecule has 0 aromatic rings. The number of rotatable bonds is 7. The molecule has 0 aliphatic heterocycles. The molecule has 0 unspecified atom stereocenters. The van der Waals surface area contributed by atoms with Crippen LogP contribution < -0.4 is 0 Å². The monoisotopic (exact) mass is 294 g/mol. The number of esters is 1. The van der Waals surface area contributed by atoms with Crippen LogP contribution in [0.4, 0.5) is 22.0 Å². The molecule has 18 heavy (non-hydrogen) atoms. The fourth-order valence-corrected chi connectivity index (χ4v) is 1.59. The van der Waals surface area contributed by atoms with Crippen molar-refractivity contribution >= 4 is 17.7 Å². The van der Waals surface area contributed by atoms with Gasteiger partial charge in [-0.05, 0) is 11.7 Å². The van der Waals surface area contributed by atoms with Gasteiger partial charge in [-0.15, -0.1) is 11.8 Å². The van der Waals surface area contributed by atoms with Crippen molar-refractivity contribution in [1.29, 1.82) is 0 Å². The van der Waals surface area contributed by atoms with Crippen molar-refractivity contribution in [1.82, 2.24) is 0 Å². The molecule has 0 aliphatic carbocycles. The van der Waals surface area contributed by atoms with E-state index in [1.165, 1.54) is 0 Å². The third-order valence-electron chi connectivity index (χ3n) is 1.77. The number of alkyl halides is 5. The van der Waals surface area contributed by atoms with E-state index in [9.17, 15) is 26.7 Å². The molecule has 0 saturated heterocycles. The first-order valence-electron chi connectivity index (χ1n) is 5.24. The first kappa shape index (κ1) is 17.5. The third-order valence-corrected chi connectivity index (χ3v) is 2.71. The molecule has 108 valence electrons. The van der Waals surface area contributed by atoms with Gasteiger partial charge in [0.25, 0.3) is 0 Å². The molecule has 0 saturated carbocycles. The van der Waals surface area contributed by atoms with Crippen LogP contribution in [0.3, 0.4) is 0 Å². The molecule has 2 nitrogen and oxygen atoms in total. The molecule has 0 N–H and O–H groups in total. The first-order valence-corrected chi connectivity index (χ1v) is 6.39. The van der Waals surface area contributed by atoms with Crippen molar-refractivity contribution < 1.29 is 31.5 Å². The average molecular weight is 294 g/mol. The highest BCUT2D eigenvalue weighted by atomic mass is 32.2. The highest BCUT2D eigenvalue weighted by Gasteiger charge is 2.56. The zero-order valence-electron chi connectivity index (χ0n) is 10.0. The Morgan fingerprint density at radius 3 is 2.22 bits per heavy atom. The number of halogens is 5. The van der Waals surface area contributed by atoms with Crippen molar-refractivity contribution in [3.8, 4) is 0 Å². The van der Waals surface area contributed by atoms with E-state index in [0.717, 1.165) is 0 Å². The lowest BCUT2D eigenvalue weighted by Gasteiger charge is -2.18. The smallest absolute Gasteiger partial charge is 0.453 e. The fourth-order valence-electron chi connectivity index (χ4n) is 0.799. The molecule has 0 atom stereocenters. The summed E-state index contributed by atoms with van der Waals surface area (Å²) in [7, 11) is 0. The second-order valence-electron chi connectivity index (χ2n) is 4.08. The predicted octanol–water partition coefficient (Wildman–Crippen LogP) is 3.51. The second-order valence-corrected chi connectivity index (χ2v) is 5.19. The highest BCUT2D eigenvalue weighted by Crippen LogP contribution is 2.38. The maximum Gasteiger partial charge on any atom is 0.453 e. The topological polar surface area (TPSA) is 26.3 Å². The first-order chi connectivity index (χ1) is 8.06. The van der Waals surface area contributed by atoms with Crippen molar-refractivity contribution in [3.63, 3.8) is 0 Å². The van der Waals surface area contributed by atoms with Crippen LogP contribution in [0.2, 0.25) is 0 Å². The number of carbonyl (C=O) groups is 1. The Bertz CT molecular complexity index is 265. The average Bonchev–Trinajstić information content (AvgIpc) is 2.19. The van der Waals surface area contributed by atoms with E-state index in [4.69, 9.17) is 4.74 Å². The van der Waals surface area contributed by atoms with Crippen LogP contribution >= 0.6 is 11.8 Å². The summed E-state index contributed by atoms with van der Waals surface area (Å²) in [5, 5.41) is 0. The number of carbonyl (C=O) groups excluding carboxylic acids is 1. The zero-order chi connectivity index (χ0) is 14.4. The number of hydrogen-bond acceptors (Lipinski definition) is 3. The van der Waals surface area contributed by atoms with Gasteiger partial charge in [0.15, 0.2) is 0 Å². The maximum atomic E-state index is 12.5. The van der Waals surface area contributed by atoms with Gasteiger partial charge in [-0.2, -0.15) is 22.0 Å². The lowest BCUT2D eigenvalue weighted by atomic mass is 10.2. The van der Waals surface area contributed by atoms with Gasteiger partial charge in [0, 0.05) is 6.42 Å². The van der Waals surface area contributed by atoms with Crippen LogP contribution in [0.15, 0.2) is 0 Å². The van der Waals surface area contributed by atoms with Crippen molar-refractivity contribution in [2.75, 3.05) is 18.1 Å². The van der Waals surface area contributed by atoms with Gasteiger partial charge in [-0.25, -0.2) is 0 Å². The Balaban J connectivity index is 3.77.